The number of benzene rings is 1. The largest absolute Gasteiger partial charge is 0.444 e. The average Bonchev–Trinajstić information content (AvgIpc) is 2.47. The van der Waals surface area contributed by atoms with Crippen LogP contribution in [0.25, 0.3) is 0 Å². The lowest BCUT2D eigenvalue weighted by Gasteiger charge is -2.29. The van der Waals surface area contributed by atoms with Gasteiger partial charge in [-0.15, -0.1) is 24.0 Å². The van der Waals surface area contributed by atoms with Gasteiger partial charge in [0, 0.05) is 26.2 Å². The number of hydrogen-bond acceptors (Lipinski definition) is 3. The second kappa shape index (κ2) is 11.4. The molecule has 0 saturated carbocycles. The molecule has 0 aromatic heterocycles. The van der Waals surface area contributed by atoms with Crippen LogP contribution in [-0.2, 0) is 11.2 Å². The van der Waals surface area contributed by atoms with E-state index in [2.05, 4.69) is 20.9 Å². The standard InChI is InChI=1S/C19H30F2N4O2.HI/c1-18(2,3)27-17(26)25-19(4,5)12-24-16(22-6)23-8-7-13-9-14(20)11-15(21)10-13;/h9-11H,7-8,12H2,1-6H3,(H,25,26)(H2,22,23,24);1H. The van der Waals surface area contributed by atoms with Crippen molar-refractivity contribution < 1.29 is 18.3 Å². The highest BCUT2D eigenvalue weighted by molar-refractivity contribution is 14.0. The van der Waals surface area contributed by atoms with Crippen LogP contribution < -0.4 is 16.0 Å². The number of rotatable bonds is 6. The van der Waals surface area contributed by atoms with Crippen molar-refractivity contribution in [2.75, 3.05) is 20.1 Å². The fourth-order valence-electron chi connectivity index (χ4n) is 2.23. The molecule has 0 spiro atoms. The molecule has 28 heavy (non-hydrogen) atoms. The molecule has 0 bridgehead atoms. The van der Waals surface area contributed by atoms with Crippen LogP contribution in [0.5, 0.6) is 0 Å². The van der Waals surface area contributed by atoms with Gasteiger partial charge in [0.15, 0.2) is 5.96 Å². The highest BCUT2D eigenvalue weighted by atomic mass is 127. The first-order valence-corrected chi connectivity index (χ1v) is 8.81. The number of ether oxygens (including phenoxy) is 1. The molecular weight excluding hydrogens is 481 g/mol. The Kier molecular flexibility index (Phi) is 10.7. The van der Waals surface area contributed by atoms with Crippen molar-refractivity contribution in [1.29, 1.82) is 0 Å². The highest BCUT2D eigenvalue weighted by Gasteiger charge is 2.24. The molecule has 0 fully saturated rings. The number of nitrogens with zero attached hydrogens (tertiary/aromatic N) is 1. The van der Waals surface area contributed by atoms with Crippen molar-refractivity contribution in [2.24, 2.45) is 4.99 Å². The fraction of sp³-hybridized carbons (Fsp3) is 0.579. The van der Waals surface area contributed by atoms with Crippen molar-refractivity contribution in [3.05, 3.63) is 35.4 Å². The quantitative estimate of drug-likeness (QED) is 0.310. The van der Waals surface area contributed by atoms with Crippen LogP contribution in [0, 0.1) is 11.6 Å². The maximum atomic E-state index is 13.2. The Hall–Kier alpha value is -1.65. The van der Waals surface area contributed by atoms with Crippen LogP contribution in [0.1, 0.15) is 40.2 Å². The van der Waals surface area contributed by atoms with E-state index in [0.29, 0.717) is 31.0 Å². The molecule has 1 rings (SSSR count). The Morgan fingerprint density at radius 1 is 1.07 bits per heavy atom. The van der Waals surface area contributed by atoms with Gasteiger partial charge < -0.3 is 20.7 Å². The van der Waals surface area contributed by atoms with Crippen molar-refractivity contribution in [3.63, 3.8) is 0 Å². The van der Waals surface area contributed by atoms with E-state index in [1.54, 1.807) is 27.8 Å². The Labute approximate surface area is 182 Å². The van der Waals surface area contributed by atoms with Gasteiger partial charge in [0.05, 0.1) is 5.54 Å². The molecule has 1 amide bonds. The van der Waals surface area contributed by atoms with E-state index < -0.39 is 28.9 Å². The van der Waals surface area contributed by atoms with Crippen LogP contribution >= 0.6 is 24.0 Å². The van der Waals surface area contributed by atoms with Gasteiger partial charge in [0.1, 0.15) is 17.2 Å². The molecule has 1 aromatic rings. The Balaban J connectivity index is 0.00000729. The summed E-state index contributed by atoms with van der Waals surface area (Å²) in [6, 6.07) is 3.45. The van der Waals surface area contributed by atoms with Gasteiger partial charge in [0.2, 0.25) is 0 Å². The Bertz CT molecular complexity index is 656. The van der Waals surface area contributed by atoms with Crippen LogP contribution in [0.15, 0.2) is 23.2 Å². The zero-order chi connectivity index (χ0) is 20.7. The predicted molar refractivity (Wildman–Crippen MR) is 118 cm³/mol. The highest BCUT2D eigenvalue weighted by Crippen LogP contribution is 2.09. The molecule has 3 N–H and O–H groups in total. The first-order valence-electron chi connectivity index (χ1n) is 8.81. The second-order valence-corrected chi connectivity index (χ2v) is 7.89. The summed E-state index contributed by atoms with van der Waals surface area (Å²) in [4.78, 5) is 16.0. The minimum absolute atomic E-state index is 0. The SMILES string of the molecule is CN=C(NCCc1cc(F)cc(F)c1)NCC(C)(C)NC(=O)OC(C)(C)C.I. The first-order chi connectivity index (χ1) is 12.4. The van der Waals surface area contributed by atoms with E-state index in [-0.39, 0.29) is 24.0 Å². The Morgan fingerprint density at radius 2 is 1.64 bits per heavy atom. The van der Waals surface area contributed by atoms with Crippen LogP contribution in [0.4, 0.5) is 13.6 Å². The molecular formula is C19H31F2IN4O2. The minimum Gasteiger partial charge on any atom is -0.444 e. The number of carbonyl (C=O) groups excluding carboxylic acids is 1. The molecule has 0 aliphatic carbocycles. The topological polar surface area (TPSA) is 74.8 Å². The third kappa shape index (κ3) is 11.3. The normalized spacial score (nSPS) is 12.1. The summed E-state index contributed by atoms with van der Waals surface area (Å²) in [5, 5.41) is 8.98. The lowest BCUT2D eigenvalue weighted by atomic mass is 10.1. The van der Waals surface area contributed by atoms with E-state index in [1.807, 2.05) is 13.8 Å². The lowest BCUT2D eigenvalue weighted by molar-refractivity contribution is 0.0474. The van der Waals surface area contributed by atoms with Crippen LogP contribution in [0.3, 0.4) is 0 Å². The number of halogens is 3. The second-order valence-electron chi connectivity index (χ2n) is 7.89. The van der Waals surface area contributed by atoms with Gasteiger partial charge in [-0.1, -0.05) is 0 Å². The summed E-state index contributed by atoms with van der Waals surface area (Å²) in [6.07, 6.45) is -0.0556. The summed E-state index contributed by atoms with van der Waals surface area (Å²) >= 11 is 0. The van der Waals surface area contributed by atoms with Crippen LogP contribution in [-0.4, -0.2) is 43.3 Å². The molecule has 0 saturated heterocycles. The average molecular weight is 512 g/mol. The molecule has 0 unspecified atom stereocenters. The third-order valence-electron chi connectivity index (χ3n) is 3.39. The number of amides is 1. The minimum atomic E-state index is -0.595. The summed E-state index contributed by atoms with van der Waals surface area (Å²) in [5.74, 6) is -0.670. The molecule has 0 heterocycles. The van der Waals surface area contributed by atoms with Gasteiger partial charge >= 0.3 is 6.09 Å². The van der Waals surface area contributed by atoms with Gasteiger partial charge in [-0.25, -0.2) is 13.6 Å². The van der Waals surface area contributed by atoms with Crippen LogP contribution in [0.2, 0.25) is 0 Å². The number of aliphatic imine (C=N–C) groups is 1. The predicted octanol–water partition coefficient (Wildman–Crippen LogP) is 3.59. The zero-order valence-electron chi connectivity index (χ0n) is 17.3. The lowest BCUT2D eigenvalue weighted by Crippen LogP contribution is -2.54. The molecule has 9 heteroatoms. The van der Waals surface area contributed by atoms with E-state index >= 15 is 0 Å². The van der Waals surface area contributed by atoms with E-state index in [4.69, 9.17) is 4.74 Å². The molecule has 0 aliphatic rings. The number of carbonyl (C=O) groups is 1. The number of guanidine groups is 1. The maximum Gasteiger partial charge on any atom is 0.408 e. The maximum absolute atomic E-state index is 13.2. The van der Waals surface area contributed by atoms with Gasteiger partial charge in [-0.3, -0.25) is 4.99 Å². The van der Waals surface area contributed by atoms with Crippen molar-refractivity contribution in [3.8, 4) is 0 Å². The van der Waals surface area contributed by atoms with Gasteiger partial charge in [0.25, 0.3) is 0 Å². The zero-order valence-corrected chi connectivity index (χ0v) is 19.6. The monoisotopic (exact) mass is 512 g/mol. The molecule has 0 atom stereocenters. The van der Waals surface area contributed by atoms with E-state index in [1.165, 1.54) is 12.1 Å². The summed E-state index contributed by atoms with van der Waals surface area (Å²) in [7, 11) is 1.62. The first kappa shape index (κ1) is 26.4. The molecule has 6 nitrogen and oxygen atoms in total. The molecule has 0 aliphatic heterocycles. The van der Waals surface area contributed by atoms with E-state index in [9.17, 15) is 13.6 Å². The smallest absolute Gasteiger partial charge is 0.408 e. The molecule has 1 aromatic carbocycles. The van der Waals surface area contributed by atoms with Gasteiger partial charge in [-0.05, 0) is 58.7 Å². The van der Waals surface area contributed by atoms with Crippen molar-refractivity contribution in [2.45, 2.75) is 52.2 Å². The summed E-state index contributed by atoms with van der Waals surface area (Å²) in [5.41, 5.74) is -0.588. The summed E-state index contributed by atoms with van der Waals surface area (Å²) in [6.45, 7) is 9.96. The van der Waals surface area contributed by atoms with Gasteiger partial charge in [-0.2, -0.15) is 0 Å². The molecule has 0 radical (unpaired) electrons. The van der Waals surface area contributed by atoms with Crippen molar-refractivity contribution in [1.82, 2.24) is 16.0 Å². The van der Waals surface area contributed by atoms with E-state index in [0.717, 1.165) is 6.07 Å². The summed E-state index contributed by atoms with van der Waals surface area (Å²) < 4.78 is 31.7. The Morgan fingerprint density at radius 3 is 2.14 bits per heavy atom. The third-order valence-corrected chi connectivity index (χ3v) is 3.39. The number of hydrogen-bond donors (Lipinski definition) is 3. The fourth-order valence-corrected chi connectivity index (χ4v) is 2.23. The number of alkyl carbamates (subject to hydrolysis) is 1. The van der Waals surface area contributed by atoms with Crippen molar-refractivity contribution >= 4 is 36.0 Å². The molecule has 160 valence electrons. The number of nitrogens with one attached hydrogen (secondary N) is 3.